The Morgan fingerprint density at radius 3 is 2.56 bits per heavy atom. The maximum Gasteiger partial charge on any atom is 0.341 e. The molecule has 1 aromatic carbocycles. The molecule has 0 N–H and O–H groups in total. The lowest BCUT2D eigenvalue weighted by molar-refractivity contribution is 0.0378. The Morgan fingerprint density at radius 2 is 1.96 bits per heavy atom. The zero-order valence-electron chi connectivity index (χ0n) is 14.1. The average molecular weight is 382 g/mol. The summed E-state index contributed by atoms with van der Waals surface area (Å²) in [5.74, 6) is -0.425. The van der Waals surface area contributed by atoms with E-state index in [2.05, 4.69) is 12.1 Å². The molecule has 0 saturated heterocycles. The smallest absolute Gasteiger partial charge is 0.341 e. The lowest BCUT2D eigenvalue weighted by Gasteiger charge is -2.12. The monoisotopic (exact) mass is 381 g/mol. The normalized spacial score (nSPS) is 15.3. The number of aromatic nitrogens is 1. The van der Waals surface area contributed by atoms with E-state index in [0.717, 1.165) is 12.8 Å². The second kappa shape index (κ2) is 6.46. The fraction of sp³-hybridized carbons (Fsp3) is 0.389. The van der Waals surface area contributed by atoms with Crippen molar-refractivity contribution in [3.8, 4) is 0 Å². The average Bonchev–Trinajstić information content (AvgIpc) is 3.09. The van der Waals surface area contributed by atoms with Crippen LogP contribution < -0.4 is 0 Å². The van der Waals surface area contributed by atoms with Crippen LogP contribution in [-0.2, 0) is 10.2 Å². The molecule has 1 aliphatic rings. The van der Waals surface area contributed by atoms with Crippen LogP contribution in [0.2, 0.25) is 10.0 Å². The molecule has 0 bridgehead atoms. The van der Waals surface area contributed by atoms with Crippen molar-refractivity contribution >= 4 is 35.0 Å². The van der Waals surface area contributed by atoms with Gasteiger partial charge >= 0.3 is 5.97 Å². The highest BCUT2D eigenvalue weighted by atomic mass is 35.5. The van der Waals surface area contributed by atoms with Crippen LogP contribution in [-0.4, -0.2) is 23.0 Å². The summed E-state index contributed by atoms with van der Waals surface area (Å²) in [4.78, 5) is 24.9. The maximum absolute atomic E-state index is 12.7. The van der Waals surface area contributed by atoms with Crippen LogP contribution in [0.5, 0.6) is 0 Å². The van der Waals surface area contributed by atoms with Gasteiger partial charge in [0.15, 0.2) is 5.69 Å². The van der Waals surface area contributed by atoms with Crippen LogP contribution in [0.1, 0.15) is 65.8 Å². The van der Waals surface area contributed by atoms with Gasteiger partial charge in [0.1, 0.15) is 5.76 Å². The maximum atomic E-state index is 12.7. The van der Waals surface area contributed by atoms with Gasteiger partial charge < -0.3 is 9.26 Å². The number of halogens is 2. The predicted molar refractivity (Wildman–Crippen MR) is 93.5 cm³/mol. The van der Waals surface area contributed by atoms with Crippen LogP contribution in [0.15, 0.2) is 22.7 Å². The number of nitrogens with zero attached hydrogens (tertiary/aromatic N) is 1. The molecule has 2 aromatic rings. The molecule has 1 aromatic heterocycles. The standard InChI is InChI=1S/C18H17Cl2NO4/c1-9(2)24-17(23)14-11(19)5-4-10(15(14)20)16(22)12-8-13(25-21-12)18(3)6-7-18/h4-5,8-9H,6-7H2,1-3H3. The minimum absolute atomic E-state index is 0.0271. The highest BCUT2D eigenvalue weighted by Gasteiger charge is 2.43. The molecule has 0 atom stereocenters. The van der Waals surface area contributed by atoms with Gasteiger partial charge in [-0.25, -0.2) is 4.79 Å². The van der Waals surface area contributed by atoms with E-state index in [4.69, 9.17) is 32.5 Å². The third kappa shape index (κ3) is 3.44. The van der Waals surface area contributed by atoms with Crippen LogP contribution in [0.3, 0.4) is 0 Å². The van der Waals surface area contributed by atoms with Gasteiger partial charge in [0.25, 0.3) is 0 Å². The highest BCUT2D eigenvalue weighted by Crippen LogP contribution is 2.47. The minimum Gasteiger partial charge on any atom is -0.459 e. The Balaban J connectivity index is 1.95. The number of esters is 1. The number of benzene rings is 1. The lowest BCUT2D eigenvalue weighted by Crippen LogP contribution is -2.14. The Kier molecular flexibility index (Phi) is 4.64. The summed E-state index contributed by atoms with van der Waals surface area (Å²) in [6, 6.07) is 4.54. The third-order valence-corrected chi connectivity index (χ3v) is 4.93. The molecule has 25 heavy (non-hydrogen) atoms. The Hall–Kier alpha value is -1.85. The summed E-state index contributed by atoms with van der Waals surface area (Å²) < 4.78 is 10.4. The molecule has 3 rings (SSSR count). The third-order valence-electron chi connectivity index (χ3n) is 4.22. The van der Waals surface area contributed by atoms with Crippen molar-refractivity contribution in [1.29, 1.82) is 0 Å². The number of ketones is 1. The molecular weight excluding hydrogens is 365 g/mol. The highest BCUT2D eigenvalue weighted by molar-refractivity contribution is 6.41. The topological polar surface area (TPSA) is 69.4 Å². The molecule has 0 radical (unpaired) electrons. The first-order valence-electron chi connectivity index (χ1n) is 7.94. The Morgan fingerprint density at radius 1 is 1.28 bits per heavy atom. The number of hydrogen-bond donors (Lipinski definition) is 0. The molecule has 1 heterocycles. The molecule has 1 fully saturated rings. The SMILES string of the molecule is CC(C)OC(=O)c1c(Cl)ccc(C(=O)c2cc(C3(C)CC3)on2)c1Cl. The quantitative estimate of drug-likeness (QED) is 0.547. The van der Waals surface area contributed by atoms with Gasteiger partial charge in [0.2, 0.25) is 5.78 Å². The van der Waals surface area contributed by atoms with E-state index >= 15 is 0 Å². The predicted octanol–water partition coefficient (Wildman–Crippen LogP) is 4.83. The first kappa shape index (κ1) is 18.0. The largest absolute Gasteiger partial charge is 0.459 e. The van der Waals surface area contributed by atoms with E-state index in [0.29, 0.717) is 5.76 Å². The van der Waals surface area contributed by atoms with Crippen molar-refractivity contribution in [2.45, 2.75) is 45.1 Å². The Bertz CT molecular complexity index is 853. The minimum atomic E-state index is -0.675. The molecule has 132 valence electrons. The molecule has 5 nitrogen and oxygen atoms in total. The van der Waals surface area contributed by atoms with Crippen LogP contribution in [0.25, 0.3) is 0 Å². The van der Waals surface area contributed by atoms with E-state index in [1.54, 1.807) is 19.9 Å². The molecule has 0 amide bonds. The van der Waals surface area contributed by atoms with Gasteiger partial charge in [-0.2, -0.15) is 0 Å². The molecule has 1 aliphatic carbocycles. The summed E-state index contributed by atoms with van der Waals surface area (Å²) in [7, 11) is 0. The van der Waals surface area contributed by atoms with Gasteiger partial charge in [-0.15, -0.1) is 0 Å². The van der Waals surface area contributed by atoms with Crippen molar-refractivity contribution in [3.05, 3.63) is 50.8 Å². The van der Waals surface area contributed by atoms with Crippen LogP contribution >= 0.6 is 23.2 Å². The molecule has 1 saturated carbocycles. The summed E-state index contributed by atoms with van der Waals surface area (Å²) in [5, 5.41) is 3.93. The van der Waals surface area contributed by atoms with E-state index in [-0.39, 0.29) is 38.4 Å². The van der Waals surface area contributed by atoms with E-state index in [1.165, 1.54) is 12.1 Å². The number of carbonyl (C=O) groups is 2. The fourth-order valence-electron chi connectivity index (χ4n) is 2.43. The van der Waals surface area contributed by atoms with Crippen molar-refractivity contribution in [3.63, 3.8) is 0 Å². The fourth-order valence-corrected chi connectivity index (χ4v) is 3.04. The number of ether oxygens (including phenoxy) is 1. The van der Waals surface area contributed by atoms with Gasteiger partial charge in [-0.3, -0.25) is 4.79 Å². The van der Waals surface area contributed by atoms with Crippen LogP contribution in [0, 0.1) is 0 Å². The number of carbonyl (C=O) groups excluding carboxylic acids is 2. The van der Waals surface area contributed by atoms with Crippen molar-refractivity contribution in [2.24, 2.45) is 0 Å². The summed E-state index contributed by atoms with van der Waals surface area (Å²) >= 11 is 12.4. The van der Waals surface area contributed by atoms with E-state index in [9.17, 15) is 9.59 Å². The van der Waals surface area contributed by atoms with E-state index in [1.807, 2.05) is 0 Å². The molecule has 0 unspecified atom stereocenters. The second-order valence-corrected chi connectivity index (χ2v) is 7.49. The molecule has 0 aliphatic heterocycles. The van der Waals surface area contributed by atoms with Gasteiger partial charge in [0.05, 0.1) is 21.7 Å². The van der Waals surface area contributed by atoms with Gasteiger partial charge in [-0.1, -0.05) is 35.3 Å². The van der Waals surface area contributed by atoms with Crippen molar-refractivity contribution in [1.82, 2.24) is 5.16 Å². The van der Waals surface area contributed by atoms with Crippen molar-refractivity contribution in [2.75, 3.05) is 0 Å². The number of hydrogen-bond acceptors (Lipinski definition) is 5. The number of rotatable bonds is 5. The van der Waals surface area contributed by atoms with Crippen molar-refractivity contribution < 1.29 is 18.8 Å². The summed E-state index contributed by atoms with van der Waals surface area (Å²) in [6.45, 7) is 5.48. The molecule has 7 heteroatoms. The Labute approximate surface area is 155 Å². The molecule has 0 spiro atoms. The van der Waals surface area contributed by atoms with E-state index < -0.39 is 11.8 Å². The lowest BCUT2D eigenvalue weighted by atomic mass is 10.0. The first-order chi connectivity index (χ1) is 11.7. The van der Waals surface area contributed by atoms with Gasteiger partial charge in [0, 0.05) is 17.0 Å². The zero-order chi connectivity index (χ0) is 18.4. The second-order valence-electron chi connectivity index (χ2n) is 6.70. The zero-order valence-corrected chi connectivity index (χ0v) is 15.6. The summed E-state index contributed by atoms with van der Waals surface area (Å²) in [5.41, 5.74) is 0.209. The molecular formula is C18H17Cl2NO4. The van der Waals surface area contributed by atoms with Crippen LogP contribution in [0.4, 0.5) is 0 Å². The summed E-state index contributed by atoms with van der Waals surface area (Å²) in [6.07, 6.45) is 1.67. The van der Waals surface area contributed by atoms with Gasteiger partial charge in [-0.05, 0) is 38.8 Å². The first-order valence-corrected chi connectivity index (χ1v) is 8.69.